The van der Waals surface area contributed by atoms with Crippen molar-refractivity contribution in [2.45, 2.75) is 33.3 Å². The number of carbonyl (C=O) groups is 1. The van der Waals surface area contributed by atoms with Crippen LogP contribution in [0.2, 0.25) is 0 Å². The van der Waals surface area contributed by atoms with Gasteiger partial charge >= 0.3 is 0 Å². The van der Waals surface area contributed by atoms with Crippen LogP contribution in [0.5, 0.6) is 0 Å². The first kappa shape index (κ1) is 13.6. The van der Waals surface area contributed by atoms with Crippen molar-refractivity contribution in [2.75, 3.05) is 11.9 Å². The predicted octanol–water partition coefficient (Wildman–Crippen LogP) is 3.43. The van der Waals surface area contributed by atoms with Crippen LogP contribution in [0.15, 0.2) is 16.6 Å². The van der Waals surface area contributed by atoms with E-state index in [0.717, 1.165) is 27.7 Å². The minimum absolute atomic E-state index is 0.0255. The Kier molecular flexibility index (Phi) is 4.07. The normalized spacial score (nSPS) is 23.1. The largest absolute Gasteiger partial charge is 0.378 e. The van der Waals surface area contributed by atoms with Gasteiger partial charge in [0.2, 0.25) is 5.91 Å². The Labute approximate surface area is 116 Å². The van der Waals surface area contributed by atoms with Crippen molar-refractivity contribution in [1.29, 1.82) is 0 Å². The third-order valence-electron chi connectivity index (χ3n) is 3.31. The highest BCUT2D eigenvalue weighted by molar-refractivity contribution is 9.10. The van der Waals surface area contributed by atoms with E-state index < -0.39 is 0 Å². The molecule has 0 saturated carbocycles. The van der Waals surface area contributed by atoms with Crippen LogP contribution in [0.3, 0.4) is 0 Å². The monoisotopic (exact) mass is 311 g/mol. The molecule has 3 nitrogen and oxygen atoms in total. The molecule has 0 aromatic heterocycles. The molecule has 1 aromatic carbocycles. The van der Waals surface area contributed by atoms with E-state index in [1.165, 1.54) is 0 Å². The second-order valence-electron chi connectivity index (χ2n) is 4.98. The van der Waals surface area contributed by atoms with Gasteiger partial charge in [0.05, 0.1) is 18.6 Å². The van der Waals surface area contributed by atoms with Crippen molar-refractivity contribution in [3.8, 4) is 0 Å². The summed E-state index contributed by atoms with van der Waals surface area (Å²) in [4.78, 5) is 12.1. The van der Waals surface area contributed by atoms with Crippen LogP contribution < -0.4 is 5.32 Å². The minimum atomic E-state index is -0.0255. The molecule has 1 aromatic rings. The summed E-state index contributed by atoms with van der Waals surface area (Å²) in [5.41, 5.74) is 3.06. The number of anilines is 1. The van der Waals surface area contributed by atoms with Crippen molar-refractivity contribution in [3.63, 3.8) is 0 Å². The van der Waals surface area contributed by atoms with Gasteiger partial charge in [-0.05, 0) is 50.5 Å². The number of ether oxygens (including phenoxy) is 1. The van der Waals surface area contributed by atoms with Crippen molar-refractivity contribution in [1.82, 2.24) is 0 Å². The third kappa shape index (κ3) is 2.93. The Morgan fingerprint density at radius 2 is 2.00 bits per heavy atom. The van der Waals surface area contributed by atoms with Crippen LogP contribution in [0.1, 0.15) is 24.5 Å². The standard InChI is InChI=1S/C14H18BrNO2/c1-8-4-12(15)5-9(2)13(8)16-14(17)11-6-10(3)18-7-11/h4-5,10-11H,6-7H2,1-3H3,(H,16,17). The number of rotatable bonds is 2. The van der Waals surface area contributed by atoms with E-state index in [2.05, 4.69) is 21.2 Å². The van der Waals surface area contributed by atoms with Crippen LogP contribution in [0.4, 0.5) is 5.69 Å². The Morgan fingerprint density at radius 1 is 1.39 bits per heavy atom. The predicted molar refractivity (Wildman–Crippen MR) is 75.8 cm³/mol. The molecule has 0 radical (unpaired) electrons. The summed E-state index contributed by atoms with van der Waals surface area (Å²) in [5, 5.41) is 3.03. The maximum Gasteiger partial charge on any atom is 0.229 e. The summed E-state index contributed by atoms with van der Waals surface area (Å²) in [6.07, 6.45) is 0.994. The molecule has 1 saturated heterocycles. The highest BCUT2D eigenvalue weighted by atomic mass is 79.9. The van der Waals surface area contributed by atoms with E-state index in [1.807, 2.05) is 32.9 Å². The highest BCUT2D eigenvalue weighted by Crippen LogP contribution is 2.27. The number of hydrogen-bond acceptors (Lipinski definition) is 2. The van der Waals surface area contributed by atoms with E-state index in [9.17, 15) is 4.79 Å². The van der Waals surface area contributed by atoms with Crippen molar-refractivity contribution in [2.24, 2.45) is 5.92 Å². The minimum Gasteiger partial charge on any atom is -0.378 e. The molecule has 2 rings (SSSR count). The fourth-order valence-corrected chi connectivity index (χ4v) is 3.02. The Hall–Kier alpha value is -0.870. The molecule has 4 heteroatoms. The molecule has 0 aliphatic carbocycles. The molecule has 0 spiro atoms. The Bertz CT molecular complexity index is 450. The van der Waals surface area contributed by atoms with E-state index >= 15 is 0 Å². The first-order valence-electron chi connectivity index (χ1n) is 6.16. The molecule has 1 aliphatic heterocycles. The lowest BCUT2D eigenvalue weighted by molar-refractivity contribution is -0.119. The first-order valence-corrected chi connectivity index (χ1v) is 6.96. The second kappa shape index (κ2) is 5.41. The van der Waals surface area contributed by atoms with Crippen LogP contribution in [-0.2, 0) is 9.53 Å². The molecular formula is C14H18BrNO2. The van der Waals surface area contributed by atoms with Gasteiger partial charge in [-0.25, -0.2) is 0 Å². The van der Waals surface area contributed by atoms with E-state index in [1.54, 1.807) is 0 Å². The average molecular weight is 312 g/mol. The number of carbonyl (C=O) groups excluding carboxylic acids is 1. The number of nitrogens with one attached hydrogen (secondary N) is 1. The zero-order chi connectivity index (χ0) is 13.3. The van der Waals surface area contributed by atoms with Gasteiger partial charge in [-0.15, -0.1) is 0 Å². The quantitative estimate of drug-likeness (QED) is 0.908. The zero-order valence-electron chi connectivity index (χ0n) is 10.9. The number of hydrogen-bond donors (Lipinski definition) is 1. The summed E-state index contributed by atoms with van der Waals surface area (Å²) in [7, 11) is 0. The third-order valence-corrected chi connectivity index (χ3v) is 3.77. The average Bonchev–Trinajstić information content (AvgIpc) is 2.70. The summed E-state index contributed by atoms with van der Waals surface area (Å²) >= 11 is 3.45. The van der Waals surface area contributed by atoms with Crippen LogP contribution >= 0.6 is 15.9 Å². The van der Waals surface area contributed by atoms with Gasteiger partial charge in [0.25, 0.3) is 0 Å². The molecule has 1 amide bonds. The van der Waals surface area contributed by atoms with E-state index in [-0.39, 0.29) is 17.9 Å². The number of halogens is 1. The molecule has 98 valence electrons. The van der Waals surface area contributed by atoms with E-state index in [4.69, 9.17) is 4.74 Å². The van der Waals surface area contributed by atoms with Gasteiger partial charge in [0, 0.05) is 10.2 Å². The maximum atomic E-state index is 12.1. The van der Waals surface area contributed by atoms with Crippen molar-refractivity contribution in [3.05, 3.63) is 27.7 Å². The molecule has 2 unspecified atom stereocenters. The highest BCUT2D eigenvalue weighted by Gasteiger charge is 2.28. The number of aryl methyl sites for hydroxylation is 2. The molecule has 0 bridgehead atoms. The lowest BCUT2D eigenvalue weighted by Gasteiger charge is -2.14. The molecule has 1 fully saturated rings. The Morgan fingerprint density at radius 3 is 2.50 bits per heavy atom. The molecule has 1 aliphatic rings. The second-order valence-corrected chi connectivity index (χ2v) is 5.90. The molecular weight excluding hydrogens is 294 g/mol. The summed E-state index contributed by atoms with van der Waals surface area (Å²) in [6, 6.07) is 4.02. The zero-order valence-corrected chi connectivity index (χ0v) is 12.5. The maximum absolute atomic E-state index is 12.1. The lowest BCUT2D eigenvalue weighted by atomic mass is 10.0. The summed E-state index contributed by atoms with van der Waals surface area (Å²) in [6.45, 7) is 6.54. The lowest BCUT2D eigenvalue weighted by Crippen LogP contribution is -2.24. The molecule has 18 heavy (non-hydrogen) atoms. The fourth-order valence-electron chi connectivity index (χ4n) is 2.33. The van der Waals surface area contributed by atoms with E-state index in [0.29, 0.717) is 6.61 Å². The SMILES string of the molecule is Cc1cc(Br)cc(C)c1NC(=O)C1COC(C)C1. The topological polar surface area (TPSA) is 38.3 Å². The van der Waals surface area contributed by atoms with Crippen molar-refractivity contribution >= 4 is 27.5 Å². The Balaban J connectivity index is 2.12. The van der Waals surface area contributed by atoms with Gasteiger partial charge in [0.15, 0.2) is 0 Å². The fraction of sp³-hybridized carbons (Fsp3) is 0.500. The molecule has 1 N–H and O–H groups in total. The molecule has 2 atom stereocenters. The number of benzene rings is 1. The van der Waals surface area contributed by atoms with Gasteiger partial charge in [-0.3, -0.25) is 4.79 Å². The summed E-state index contributed by atoms with van der Waals surface area (Å²) in [5.74, 6) is 0.0373. The van der Waals surface area contributed by atoms with Crippen LogP contribution in [0, 0.1) is 19.8 Å². The van der Waals surface area contributed by atoms with Crippen LogP contribution in [-0.4, -0.2) is 18.6 Å². The van der Waals surface area contributed by atoms with Crippen LogP contribution in [0.25, 0.3) is 0 Å². The van der Waals surface area contributed by atoms with Gasteiger partial charge in [-0.1, -0.05) is 15.9 Å². The van der Waals surface area contributed by atoms with Crippen molar-refractivity contribution < 1.29 is 9.53 Å². The summed E-state index contributed by atoms with van der Waals surface area (Å²) < 4.78 is 6.47. The first-order chi connectivity index (χ1) is 8.47. The molecule has 1 heterocycles. The van der Waals surface area contributed by atoms with Gasteiger partial charge in [0.1, 0.15) is 0 Å². The smallest absolute Gasteiger partial charge is 0.229 e. The van der Waals surface area contributed by atoms with Gasteiger partial charge < -0.3 is 10.1 Å². The number of amides is 1. The van der Waals surface area contributed by atoms with Gasteiger partial charge in [-0.2, -0.15) is 0 Å².